The molecule has 1 saturated carbocycles. The van der Waals surface area contributed by atoms with Gasteiger partial charge in [-0.25, -0.2) is 0 Å². The third-order valence-electron chi connectivity index (χ3n) is 6.38. The summed E-state index contributed by atoms with van der Waals surface area (Å²) in [6, 6.07) is 12.2. The lowest BCUT2D eigenvalue weighted by atomic mass is 9.95. The van der Waals surface area contributed by atoms with Crippen LogP contribution in [0.4, 0.5) is 0 Å². The molecule has 7 nitrogen and oxygen atoms in total. The summed E-state index contributed by atoms with van der Waals surface area (Å²) in [7, 11) is 1.56. The van der Waals surface area contributed by atoms with Crippen LogP contribution in [0, 0.1) is 6.92 Å². The summed E-state index contributed by atoms with van der Waals surface area (Å²) in [6.07, 6.45) is -4.74. The molecular formula is C25H32O7. The number of methoxy groups -OCH3 is 1. The van der Waals surface area contributed by atoms with Gasteiger partial charge >= 0.3 is 0 Å². The second-order valence-corrected chi connectivity index (χ2v) is 8.91. The zero-order chi connectivity index (χ0) is 23.0. The first-order valence-corrected chi connectivity index (χ1v) is 11.1. The Morgan fingerprint density at radius 1 is 1.03 bits per heavy atom. The van der Waals surface area contributed by atoms with E-state index in [1.807, 2.05) is 13.0 Å². The zero-order valence-corrected chi connectivity index (χ0v) is 18.6. The average Bonchev–Trinajstić information content (AvgIpc) is 3.61. The molecule has 1 aliphatic carbocycles. The highest BCUT2D eigenvalue weighted by molar-refractivity contribution is 5.48. The van der Waals surface area contributed by atoms with Crippen molar-refractivity contribution in [2.45, 2.75) is 75.8 Å². The standard InChI is InChI=1S/C25H32O7/c1-13-10-18(30-3)12-20(19(13)11-15-4-6-16(7-5-15)17-8-9-17)31-25-23(29)21(27)22(28)24(32-25)14(2)26/h4-7,10,12,14,17,21-29H,8-9,11H2,1-3H3/t14?,21-,22-,23+,24?,25+/m0/s1. The quantitative estimate of drug-likeness (QED) is 0.518. The maximum absolute atomic E-state index is 10.5. The molecular weight excluding hydrogens is 412 g/mol. The van der Waals surface area contributed by atoms with Crippen LogP contribution in [0.1, 0.15) is 47.9 Å². The van der Waals surface area contributed by atoms with Crippen LogP contribution in [0.2, 0.25) is 0 Å². The lowest BCUT2D eigenvalue weighted by molar-refractivity contribution is -0.286. The van der Waals surface area contributed by atoms with Crippen molar-refractivity contribution >= 4 is 0 Å². The Balaban J connectivity index is 1.61. The molecule has 0 aromatic heterocycles. The molecule has 1 heterocycles. The van der Waals surface area contributed by atoms with Crippen LogP contribution in [0.3, 0.4) is 0 Å². The van der Waals surface area contributed by atoms with Gasteiger partial charge in [0.15, 0.2) is 0 Å². The van der Waals surface area contributed by atoms with Gasteiger partial charge < -0.3 is 34.6 Å². The third kappa shape index (κ3) is 4.77. The third-order valence-corrected chi connectivity index (χ3v) is 6.38. The van der Waals surface area contributed by atoms with Crippen molar-refractivity contribution < 1.29 is 34.6 Å². The van der Waals surface area contributed by atoms with Gasteiger partial charge in [0.1, 0.15) is 35.9 Å². The molecule has 0 spiro atoms. The summed E-state index contributed by atoms with van der Waals surface area (Å²) in [6.45, 7) is 3.40. The molecule has 1 saturated heterocycles. The number of aliphatic hydroxyl groups excluding tert-OH is 4. The maximum atomic E-state index is 10.5. The van der Waals surface area contributed by atoms with Gasteiger partial charge in [-0.05, 0) is 55.4 Å². The Labute approximate surface area is 188 Å². The van der Waals surface area contributed by atoms with E-state index in [-0.39, 0.29) is 0 Å². The van der Waals surface area contributed by atoms with Crippen LogP contribution in [-0.2, 0) is 11.2 Å². The van der Waals surface area contributed by atoms with Gasteiger partial charge in [-0.1, -0.05) is 24.3 Å². The topological polar surface area (TPSA) is 109 Å². The molecule has 0 amide bonds. The number of ether oxygens (including phenoxy) is 3. The van der Waals surface area contributed by atoms with Crippen molar-refractivity contribution in [2.75, 3.05) is 7.11 Å². The molecule has 7 heteroatoms. The Bertz CT molecular complexity index is 923. The van der Waals surface area contributed by atoms with Crippen molar-refractivity contribution in [1.29, 1.82) is 0 Å². The van der Waals surface area contributed by atoms with E-state index >= 15 is 0 Å². The summed E-state index contributed by atoms with van der Waals surface area (Å²) >= 11 is 0. The van der Waals surface area contributed by atoms with E-state index in [4.69, 9.17) is 14.2 Å². The second kappa shape index (κ2) is 9.37. The lowest BCUT2D eigenvalue weighted by Gasteiger charge is -2.41. The number of hydrogen-bond acceptors (Lipinski definition) is 7. The van der Waals surface area contributed by atoms with E-state index in [1.165, 1.54) is 25.3 Å². The lowest BCUT2D eigenvalue weighted by Crippen LogP contribution is -2.61. The van der Waals surface area contributed by atoms with E-state index in [1.54, 1.807) is 13.2 Å². The van der Waals surface area contributed by atoms with Crippen LogP contribution in [0.25, 0.3) is 0 Å². The molecule has 1 aliphatic heterocycles. The molecule has 4 N–H and O–H groups in total. The molecule has 2 fully saturated rings. The Morgan fingerprint density at radius 2 is 1.72 bits per heavy atom. The first-order valence-electron chi connectivity index (χ1n) is 11.1. The smallest absolute Gasteiger partial charge is 0.229 e. The molecule has 2 aliphatic rings. The minimum atomic E-state index is -1.52. The molecule has 0 bridgehead atoms. The molecule has 2 unspecified atom stereocenters. The van der Waals surface area contributed by atoms with Gasteiger partial charge in [-0.15, -0.1) is 0 Å². The number of benzene rings is 2. The first-order chi connectivity index (χ1) is 15.3. The van der Waals surface area contributed by atoms with Gasteiger partial charge in [0, 0.05) is 18.1 Å². The fourth-order valence-electron chi connectivity index (χ4n) is 4.23. The van der Waals surface area contributed by atoms with Crippen molar-refractivity contribution in [1.82, 2.24) is 0 Å². The maximum Gasteiger partial charge on any atom is 0.229 e. The number of rotatable bonds is 7. The second-order valence-electron chi connectivity index (χ2n) is 8.91. The van der Waals surface area contributed by atoms with Gasteiger partial charge in [0.05, 0.1) is 13.2 Å². The Hall–Kier alpha value is -2.16. The van der Waals surface area contributed by atoms with Gasteiger partial charge in [-0.3, -0.25) is 0 Å². The normalized spacial score (nSPS) is 28.9. The van der Waals surface area contributed by atoms with Gasteiger partial charge in [0.25, 0.3) is 0 Å². The fraction of sp³-hybridized carbons (Fsp3) is 0.520. The van der Waals surface area contributed by atoms with E-state index in [0.29, 0.717) is 23.8 Å². The van der Waals surface area contributed by atoms with E-state index in [9.17, 15) is 20.4 Å². The molecule has 174 valence electrons. The number of hydrogen-bond donors (Lipinski definition) is 4. The molecule has 6 atom stereocenters. The highest BCUT2D eigenvalue weighted by Gasteiger charge is 2.46. The van der Waals surface area contributed by atoms with Crippen molar-refractivity contribution in [3.8, 4) is 11.5 Å². The molecule has 0 radical (unpaired) electrons. The summed E-state index contributed by atoms with van der Waals surface area (Å²) in [5.41, 5.74) is 4.33. The van der Waals surface area contributed by atoms with E-state index in [2.05, 4.69) is 24.3 Å². The first kappa shape index (κ1) is 23.0. The highest BCUT2D eigenvalue weighted by Crippen LogP contribution is 2.40. The molecule has 2 aromatic carbocycles. The van der Waals surface area contributed by atoms with Crippen LogP contribution in [0.5, 0.6) is 11.5 Å². The van der Waals surface area contributed by atoms with E-state index < -0.39 is 36.8 Å². The molecule has 2 aromatic rings. The fourth-order valence-corrected chi connectivity index (χ4v) is 4.23. The molecule has 4 rings (SSSR count). The number of aryl methyl sites for hydroxylation is 1. The summed E-state index contributed by atoms with van der Waals surface area (Å²) in [5, 5.41) is 40.8. The van der Waals surface area contributed by atoms with Crippen LogP contribution >= 0.6 is 0 Å². The summed E-state index contributed by atoms with van der Waals surface area (Å²) < 4.78 is 17.1. The van der Waals surface area contributed by atoms with Crippen LogP contribution in [0.15, 0.2) is 36.4 Å². The van der Waals surface area contributed by atoms with Crippen molar-refractivity contribution in [3.05, 3.63) is 58.7 Å². The molecule has 32 heavy (non-hydrogen) atoms. The Morgan fingerprint density at radius 3 is 2.31 bits per heavy atom. The van der Waals surface area contributed by atoms with Gasteiger partial charge in [0.2, 0.25) is 6.29 Å². The SMILES string of the molecule is COc1cc(C)c(Cc2ccc(C3CC3)cc2)c(O[C@@H]2OC(C(C)O)[C@@H](O)[C@H](O)[C@H]2O)c1. The predicted molar refractivity (Wildman–Crippen MR) is 118 cm³/mol. The zero-order valence-electron chi connectivity index (χ0n) is 18.6. The van der Waals surface area contributed by atoms with Gasteiger partial charge in [-0.2, -0.15) is 0 Å². The average molecular weight is 445 g/mol. The van der Waals surface area contributed by atoms with Crippen LogP contribution in [-0.4, -0.2) is 64.3 Å². The Kier molecular flexibility index (Phi) is 6.74. The van der Waals surface area contributed by atoms with Crippen molar-refractivity contribution in [2.24, 2.45) is 0 Å². The minimum Gasteiger partial charge on any atom is -0.497 e. The monoisotopic (exact) mass is 444 g/mol. The van der Waals surface area contributed by atoms with E-state index in [0.717, 1.165) is 16.7 Å². The van der Waals surface area contributed by atoms with Crippen LogP contribution < -0.4 is 9.47 Å². The summed E-state index contributed by atoms with van der Waals surface area (Å²) in [4.78, 5) is 0. The predicted octanol–water partition coefficient (Wildman–Crippen LogP) is 2.04. The minimum absolute atomic E-state index is 0.449. The summed E-state index contributed by atoms with van der Waals surface area (Å²) in [5.74, 6) is 1.73. The van der Waals surface area contributed by atoms with Crippen molar-refractivity contribution in [3.63, 3.8) is 0 Å². The largest absolute Gasteiger partial charge is 0.497 e. The number of aliphatic hydroxyl groups is 4. The highest BCUT2D eigenvalue weighted by atomic mass is 16.7.